The predicted molar refractivity (Wildman–Crippen MR) is 149 cm³/mol. The average Bonchev–Trinajstić information content (AvgIpc) is 3.36. The zero-order chi connectivity index (χ0) is 28.3. The summed E-state index contributed by atoms with van der Waals surface area (Å²) in [6.07, 6.45) is 6.21. The van der Waals surface area contributed by atoms with Crippen LogP contribution in [0.25, 0.3) is 0 Å². The van der Waals surface area contributed by atoms with Crippen LogP contribution in [-0.4, -0.2) is 86.4 Å². The summed E-state index contributed by atoms with van der Waals surface area (Å²) < 4.78 is 17.9. The van der Waals surface area contributed by atoms with Gasteiger partial charge in [-0.3, -0.25) is 9.69 Å². The van der Waals surface area contributed by atoms with Gasteiger partial charge in [-0.2, -0.15) is 9.78 Å². The quantitative estimate of drug-likeness (QED) is 0.402. The van der Waals surface area contributed by atoms with E-state index in [1.165, 1.54) is 6.42 Å². The number of hydrogen-bond acceptors (Lipinski definition) is 8. The number of carbonyl (C=O) groups excluding carboxylic acids is 2. The minimum Gasteiger partial charge on any atom is -0.449 e. The Bertz CT molecular complexity index is 1020. The maximum atomic E-state index is 12.8. The first kappa shape index (κ1) is 28.9. The first-order chi connectivity index (χ1) is 19.9. The summed E-state index contributed by atoms with van der Waals surface area (Å²) in [6, 6.07) is 9.81. The highest BCUT2D eigenvalue weighted by Crippen LogP contribution is 2.63. The van der Waals surface area contributed by atoms with Gasteiger partial charge in [-0.15, -0.1) is 0 Å². The molecule has 2 saturated heterocycles. The molecule has 2 heterocycles. The molecular formula is C31H45N3O7. The third kappa shape index (κ3) is 6.57. The molecule has 1 spiro atoms. The maximum Gasteiger partial charge on any atom is 0.409 e. The summed E-state index contributed by atoms with van der Waals surface area (Å²) in [4.78, 5) is 41.7. The van der Waals surface area contributed by atoms with E-state index in [1.54, 1.807) is 11.9 Å². The zero-order valence-electron chi connectivity index (χ0n) is 24.3. The predicted octanol–water partition coefficient (Wildman–Crippen LogP) is 3.70. The number of morpholine rings is 1. The van der Waals surface area contributed by atoms with E-state index in [0.29, 0.717) is 37.8 Å². The molecule has 1 aromatic rings. The van der Waals surface area contributed by atoms with Gasteiger partial charge >= 0.3 is 6.09 Å². The van der Waals surface area contributed by atoms with Crippen molar-refractivity contribution in [3.63, 3.8) is 0 Å². The molecule has 1 aromatic carbocycles. The van der Waals surface area contributed by atoms with E-state index < -0.39 is 17.7 Å². The zero-order valence-corrected chi connectivity index (χ0v) is 24.3. The van der Waals surface area contributed by atoms with E-state index in [9.17, 15) is 9.59 Å². The number of rotatable bonds is 11. The van der Waals surface area contributed by atoms with E-state index in [4.69, 9.17) is 24.0 Å². The van der Waals surface area contributed by atoms with Gasteiger partial charge in [0, 0.05) is 70.9 Å². The van der Waals surface area contributed by atoms with Gasteiger partial charge in [-0.1, -0.05) is 30.3 Å². The first-order valence-corrected chi connectivity index (χ1v) is 15.5. The average molecular weight is 572 g/mol. The van der Waals surface area contributed by atoms with Crippen molar-refractivity contribution >= 4 is 12.0 Å². The molecule has 10 heteroatoms. The number of hydrogen-bond donors (Lipinski definition) is 1. The van der Waals surface area contributed by atoms with Crippen molar-refractivity contribution < 1.29 is 33.6 Å². The van der Waals surface area contributed by atoms with Crippen molar-refractivity contribution in [3.05, 3.63) is 35.9 Å². The Labute approximate surface area is 242 Å². The fourth-order valence-electron chi connectivity index (χ4n) is 7.82. The Balaban J connectivity index is 1.05. The van der Waals surface area contributed by atoms with Gasteiger partial charge in [0.15, 0.2) is 0 Å². The fourth-order valence-corrected chi connectivity index (χ4v) is 7.82. The SMILES string of the molecule is CN(Cc1ccccc1)C(=O)OCCC1(CCC(=O)NCCN2CCOCC2)OOC2(O1)C1CC3CC(C1)CC2C3. The molecule has 0 radical (unpaired) electrons. The monoisotopic (exact) mass is 571 g/mol. The lowest BCUT2D eigenvalue weighted by Gasteiger charge is -2.57. The summed E-state index contributed by atoms with van der Waals surface area (Å²) in [5.74, 6) is 0.191. The molecule has 6 fully saturated rings. The maximum absolute atomic E-state index is 12.8. The lowest BCUT2D eigenvalue weighted by molar-refractivity contribution is -0.389. The Kier molecular flexibility index (Phi) is 8.83. The van der Waals surface area contributed by atoms with Gasteiger partial charge in [0.05, 0.1) is 19.8 Å². The Hall–Kier alpha value is -2.24. The second-order valence-corrected chi connectivity index (χ2v) is 12.7. The second kappa shape index (κ2) is 12.6. The number of amides is 2. The molecule has 226 valence electrons. The summed E-state index contributed by atoms with van der Waals surface area (Å²) >= 11 is 0. The number of benzene rings is 1. The third-order valence-electron chi connectivity index (χ3n) is 9.82. The summed E-state index contributed by atoms with van der Waals surface area (Å²) in [6.45, 7) is 5.22. The largest absolute Gasteiger partial charge is 0.449 e. The lowest BCUT2D eigenvalue weighted by Crippen LogP contribution is -2.59. The van der Waals surface area contributed by atoms with Crippen LogP contribution in [0.2, 0.25) is 0 Å². The van der Waals surface area contributed by atoms with E-state index in [0.717, 1.165) is 75.9 Å². The van der Waals surface area contributed by atoms with E-state index in [-0.39, 0.29) is 18.9 Å². The molecule has 2 aliphatic heterocycles. The minimum atomic E-state index is -1.13. The van der Waals surface area contributed by atoms with Crippen LogP contribution in [0.1, 0.15) is 56.9 Å². The summed E-state index contributed by atoms with van der Waals surface area (Å²) in [7, 11) is 1.72. The van der Waals surface area contributed by atoms with E-state index in [2.05, 4.69) is 10.2 Å². The van der Waals surface area contributed by atoms with Crippen LogP contribution in [0, 0.1) is 23.7 Å². The molecule has 4 aliphatic carbocycles. The first-order valence-electron chi connectivity index (χ1n) is 15.5. The smallest absolute Gasteiger partial charge is 0.409 e. The Morgan fingerprint density at radius 2 is 1.71 bits per heavy atom. The fraction of sp³-hybridized carbons (Fsp3) is 0.742. The van der Waals surface area contributed by atoms with Crippen LogP contribution in [0.15, 0.2) is 30.3 Å². The van der Waals surface area contributed by atoms with Crippen molar-refractivity contribution in [1.29, 1.82) is 0 Å². The van der Waals surface area contributed by atoms with Gasteiger partial charge < -0.3 is 24.4 Å². The number of carbonyl (C=O) groups is 2. The van der Waals surface area contributed by atoms with Crippen molar-refractivity contribution in [2.45, 2.75) is 69.5 Å². The van der Waals surface area contributed by atoms with E-state index >= 15 is 0 Å². The molecule has 1 atom stereocenters. The molecular weight excluding hydrogens is 526 g/mol. The molecule has 4 saturated carbocycles. The van der Waals surface area contributed by atoms with Crippen molar-refractivity contribution in [2.75, 3.05) is 53.0 Å². The molecule has 0 aromatic heterocycles. The van der Waals surface area contributed by atoms with E-state index in [1.807, 2.05) is 30.3 Å². The van der Waals surface area contributed by atoms with Gasteiger partial charge in [-0.25, -0.2) is 4.79 Å². The van der Waals surface area contributed by atoms with Crippen LogP contribution in [0.3, 0.4) is 0 Å². The Morgan fingerprint density at radius 1 is 1.00 bits per heavy atom. The van der Waals surface area contributed by atoms with Crippen LogP contribution < -0.4 is 5.32 Å². The van der Waals surface area contributed by atoms with Gasteiger partial charge in [0.25, 0.3) is 0 Å². The van der Waals surface area contributed by atoms with Crippen molar-refractivity contribution in [1.82, 2.24) is 15.1 Å². The highest BCUT2D eigenvalue weighted by atomic mass is 17.3. The van der Waals surface area contributed by atoms with Gasteiger partial charge in [0.2, 0.25) is 17.5 Å². The van der Waals surface area contributed by atoms with Crippen LogP contribution in [0.5, 0.6) is 0 Å². The normalized spacial score (nSPS) is 34.2. The number of nitrogens with one attached hydrogen (secondary N) is 1. The molecule has 2 amide bonds. The molecule has 10 nitrogen and oxygen atoms in total. The lowest BCUT2D eigenvalue weighted by atomic mass is 9.53. The third-order valence-corrected chi connectivity index (χ3v) is 9.82. The highest BCUT2D eigenvalue weighted by Gasteiger charge is 2.66. The minimum absolute atomic E-state index is 0.0459. The van der Waals surface area contributed by atoms with Crippen LogP contribution in [-0.2, 0) is 35.3 Å². The topological polar surface area (TPSA) is 98.8 Å². The molecule has 41 heavy (non-hydrogen) atoms. The number of ether oxygens (including phenoxy) is 3. The number of nitrogens with zero attached hydrogens (tertiary/aromatic N) is 2. The van der Waals surface area contributed by atoms with Gasteiger partial charge in [0.1, 0.15) is 0 Å². The van der Waals surface area contributed by atoms with Crippen molar-refractivity contribution in [2.24, 2.45) is 23.7 Å². The van der Waals surface area contributed by atoms with Crippen LogP contribution in [0.4, 0.5) is 4.79 Å². The summed E-state index contributed by atoms with van der Waals surface area (Å²) in [5, 5.41) is 3.04. The van der Waals surface area contributed by atoms with Gasteiger partial charge in [-0.05, 0) is 49.5 Å². The Morgan fingerprint density at radius 3 is 2.41 bits per heavy atom. The molecule has 4 bridgehead atoms. The summed E-state index contributed by atoms with van der Waals surface area (Å²) in [5.41, 5.74) is 1.03. The standard InChI is InChI=1S/C31H45N3O7/c1-33(22-23-5-3-2-4-6-23)29(36)38-14-9-30(8-7-28(35)32-10-11-34-12-15-37-16-13-34)39-31(41-40-30)26-18-24-17-25(20-26)21-27(31)19-24/h2-6,24-27H,7-22H2,1H3,(H,32,35). The molecule has 1 unspecified atom stereocenters. The second-order valence-electron chi connectivity index (χ2n) is 12.7. The van der Waals surface area contributed by atoms with Crippen LogP contribution >= 0.6 is 0 Å². The molecule has 7 rings (SSSR count). The molecule has 6 aliphatic rings. The van der Waals surface area contributed by atoms with Crippen molar-refractivity contribution in [3.8, 4) is 0 Å². The molecule has 1 N–H and O–H groups in total. The highest BCUT2D eigenvalue weighted by molar-refractivity contribution is 5.75.